The quantitative estimate of drug-likeness (QED) is 0.202. The van der Waals surface area contributed by atoms with Gasteiger partial charge in [0.15, 0.2) is 0 Å². The zero-order chi connectivity index (χ0) is 23.4. The lowest BCUT2D eigenvalue weighted by atomic mass is 10.00. The third-order valence-corrected chi connectivity index (χ3v) is 5.36. The van der Waals surface area contributed by atoms with Crippen LogP contribution in [0.3, 0.4) is 0 Å². The molecular weight excluding hydrogens is 428 g/mol. The van der Waals surface area contributed by atoms with E-state index < -0.39 is 47.9 Å². The van der Waals surface area contributed by atoms with E-state index in [2.05, 4.69) is 28.6 Å². The van der Waals surface area contributed by atoms with Gasteiger partial charge in [-0.15, -0.1) is 0 Å². The Morgan fingerprint density at radius 3 is 1.97 bits per heavy atom. The molecule has 0 heterocycles. The fraction of sp³-hybridized carbons (Fsp3) is 0.789. The first-order valence-electron chi connectivity index (χ1n) is 9.93. The second-order valence-corrected chi connectivity index (χ2v) is 9.24. The molecule has 174 valence electrons. The van der Waals surface area contributed by atoms with Gasteiger partial charge in [0.05, 0.1) is 6.04 Å². The molecule has 3 amide bonds. The summed E-state index contributed by atoms with van der Waals surface area (Å²) in [5, 5.41) is 16.8. The van der Waals surface area contributed by atoms with Gasteiger partial charge in [0, 0.05) is 5.75 Å². The van der Waals surface area contributed by atoms with Crippen LogP contribution in [0.25, 0.3) is 0 Å². The van der Waals surface area contributed by atoms with Gasteiger partial charge in [-0.05, 0) is 36.7 Å². The Bertz CT molecular complexity index is 589. The van der Waals surface area contributed by atoms with Crippen LogP contribution in [-0.4, -0.2) is 70.7 Å². The first-order chi connectivity index (χ1) is 13.9. The molecule has 0 aliphatic rings. The molecule has 6 N–H and O–H groups in total. The first kappa shape index (κ1) is 28.5. The third kappa shape index (κ3) is 10.5. The minimum Gasteiger partial charge on any atom is -0.480 e. The molecule has 0 aromatic rings. The van der Waals surface area contributed by atoms with Crippen LogP contribution in [0.2, 0.25) is 0 Å². The van der Waals surface area contributed by atoms with Crippen molar-refractivity contribution in [2.24, 2.45) is 17.6 Å². The van der Waals surface area contributed by atoms with Crippen molar-refractivity contribution in [3.05, 3.63) is 0 Å². The number of carbonyl (C=O) groups excluding carboxylic acids is 3. The number of hydrogen-bond donors (Lipinski definition) is 6. The SMILES string of the molecule is CSCCC(NC(=O)C(NC(=O)C(N)CC(C)C)C(C)C)C(=O)NC(CS)C(=O)O. The number of thioether (sulfide) groups is 1. The van der Waals surface area contributed by atoms with E-state index in [1.165, 1.54) is 11.8 Å². The summed E-state index contributed by atoms with van der Waals surface area (Å²) in [4.78, 5) is 49.0. The summed E-state index contributed by atoms with van der Waals surface area (Å²) in [6.45, 7) is 7.45. The third-order valence-electron chi connectivity index (χ3n) is 4.35. The Labute approximate surface area is 188 Å². The molecule has 0 saturated heterocycles. The average molecular weight is 465 g/mol. The largest absolute Gasteiger partial charge is 0.480 e. The van der Waals surface area contributed by atoms with Crippen molar-refractivity contribution in [2.45, 2.75) is 64.7 Å². The molecule has 0 bridgehead atoms. The number of carboxylic acids is 1. The molecule has 0 spiro atoms. The molecular formula is C19H36N4O5S2. The van der Waals surface area contributed by atoms with Gasteiger partial charge in [0.25, 0.3) is 0 Å². The monoisotopic (exact) mass is 464 g/mol. The number of thiol groups is 1. The van der Waals surface area contributed by atoms with Crippen molar-refractivity contribution in [1.29, 1.82) is 0 Å². The average Bonchev–Trinajstić information content (AvgIpc) is 2.65. The molecule has 0 saturated carbocycles. The normalized spacial score (nSPS) is 15.2. The molecule has 30 heavy (non-hydrogen) atoms. The number of carbonyl (C=O) groups is 4. The number of rotatable bonds is 14. The topological polar surface area (TPSA) is 151 Å². The summed E-state index contributed by atoms with van der Waals surface area (Å²) >= 11 is 5.42. The van der Waals surface area contributed by atoms with Crippen molar-refractivity contribution >= 4 is 48.1 Å². The number of nitrogens with two attached hydrogens (primary N) is 1. The van der Waals surface area contributed by atoms with Crippen LogP contribution >= 0.6 is 24.4 Å². The number of amides is 3. The standard InChI is InChI=1S/C19H36N4O5S2/c1-10(2)8-12(20)16(24)23-15(11(3)4)18(26)21-13(6-7-30-5)17(25)22-14(9-29)19(27)28/h10-15,29H,6-9,20H2,1-5H3,(H,21,26)(H,22,25)(H,23,24)(H,27,28). The van der Waals surface area contributed by atoms with E-state index in [-0.39, 0.29) is 17.6 Å². The van der Waals surface area contributed by atoms with Crippen LogP contribution in [0.15, 0.2) is 0 Å². The molecule has 0 aromatic heterocycles. The molecule has 0 aliphatic heterocycles. The van der Waals surface area contributed by atoms with Crippen LogP contribution in [-0.2, 0) is 19.2 Å². The summed E-state index contributed by atoms with van der Waals surface area (Å²) in [6.07, 6.45) is 2.65. The molecule has 4 unspecified atom stereocenters. The summed E-state index contributed by atoms with van der Waals surface area (Å²) < 4.78 is 0. The second kappa shape index (κ2) is 14.5. The number of aliphatic carboxylic acids is 1. The van der Waals surface area contributed by atoms with Gasteiger partial charge >= 0.3 is 5.97 Å². The lowest BCUT2D eigenvalue weighted by Crippen LogP contribution is -2.58. The molecule has 11 heteroatoms. The Morgan fingerprint density at radius 2 is 1.53 bits per heavy atom. The first-order valence-corrected chi connectivity index (χ1v) is 12.0. The van der Waals surface area contributed by atoms with E-state index in [4.69, 9.17) is 10.8 Å². The Kier molecular flexibility index (Phi) is 13.8. The molecule has 4 atom stereocenters. The Hall–Kier alpha value is -1.46. The zero-order valence-electron chi connectivity index (χ0n) is 18.3. The zero-order valence-corrected chi connectivity index (χ0v) is 20.0. The lowest BCUT2D eigenvalue weighted by Gasteiger charge is -2.27. The van der Waals surface area contributed by atoms with Gasteiger partial charge in [-0.25, -0.2) is 4.79 Å². The van der Waals surface area contributed by atoms with Crippen LogP contribution in [0, 0.1) is 11.8 Å². The molecule has 0 aliphatic carbocycles. The minimum atomic E-state index is -1.21. The van der Waals surface area contributed by atoms with Gasteiger partial charge in [0.1, 0.15) is 18.1 Å². The van der Waals surface area contributed by atoms with Gasteiger partial charge < -0.3 is 26.8 Å². The summed E-state index contributed by atoms with van der Waals surface area (Å²) in [5.74, 6) is -2.28. The smallest absolute Gasteiger partial charge is 0.327 e. The maximum absolute atomic E-state index is 12.8. The Morgan fingerprint density at radius 1 is 0.967 bits per heavy atom. The fourth-order valence-electron chi connectivity index (χ4n) is 2.63. The fourth-order valence-corrected chi connectivity index (χ4v) is 3.35. The summed E-state index contributed by atoms with van der Waals surface area (Å²) in [5.41, 5.74) is 5.91. The van der Waals surface area contributed by atoms with E-state index >= 15 is 0 Å². The molecule has 0 fully saturated rings. The van der Waals surface area contributed by atoms with E-state index in [0.29, 0.717) is 18.6 Å². The molecule has 0 radical (unpaired) electrons. The van der Waals surface area contributed by atoms with Crippen LogP contribution < -0.4 is 21.7 Å². The molecule has 0 aromatic carbocycles. The van der Waals surface area contributed by atoms with Gasteiger partial charge in [0.2, 0.25) is 17.7 Å². The number of hydrogen-bond acceptors (Lipinski definition) is 7. The van der Waals surface area contributed by atoms with E-state index in [0.717, 1.165) is 0 Å². The van der Waals surface area contributed by atoms with E-state index in [1.807, 2.05) is 20.1 Å². The minimum absolute atomic E-state index is 0.0807. The maximum Gasteiger partial charge on any atom is 0.327 e. The van der Waals surface area contributed by atoms with Crippen LogP contribution in [0.4, 0.5) is 0 Å². The highest BCUT2D eigenvalue weighted by atomic mass is 32.2. The van der Waals surface area contributed by atoms with E-state index in [9.17, 15) is 19.2 Å². The summed E-state index contributed by atoms with van der Waals surface area (Å²) in [7, 11) is 0. The van der Waals surface area contributed by atoms with Crippen molar-refractivity contribution in [3.8, 4) is 0 Å². The second-order valence-electron chi connectivity index (χ2n) is 7.89. The van der Waals surface area contributed by atoms with Crippen molar-refractivity contribution in [1.82, 2.24) is 16.0 Å². The maximum atomic E-state index is 12.8. The predicted molar refractivity (Wildman–Crippen MR) is 123 cm³/mol. The number of nitrogens with one attached hydrogen (secondary N) is 3. The van der Waals surface area contributed by atoms with Gasteiger partial charge in [-0.1, -0.05) is 27.7 Å². The van der Waals surface area contributed by atoms with Crippen molar-refractivity contribution in [3.63, 3.8) is 0 Å². The highest BCUT2D eigenvalue weighted by Crippen LogP contribution is 2.08. The molecule has 9 nitrogen and oxygen atoms in total. The number of carboxylic acid groups (broad SMARTS) is 1. The highest BCUT2D eigenvalue weighted by molar-refractivity contribution is 7.98. The van der Waals surface area contributed by atoms with Crippen molar-refractivity contribution < 1.29 is 24.3 Å². The van der Waals surface area contributed by atoms with E-state index in [1.54, 1.807) is 13.8 Å². The van der Waals surface area contributed by atoms with Gasteiger partial charge in [-0.2, -0.15) is 24.4 Å². The van der Waals surface area contributed by atoms with Gasteiger partial charge in [-0.3, -0.25) is 14.4 Å². The Balaban J connectivity index is 5.28. The molecule has 0 rings (SSSR count). The lowest BCUT2D eigenvalue weighted by molar-refractivity contribution is -0.141. The highest BCUT2D eigenvalue weighted by Gasteiger charge is 2.31. The predicted octanol–water partition coefficient (Wildman–Crippen LogP) is 0.238. The van der Waals surface area contributed by atoms with Crippen LogP contribution in [0.5, 0.6) is 0 Å². The van der Waals surface area contributed by atoms with Crippen LogP contribution in [0.1, 0.15) is 40.5 Å². The van der Waals surface area contributed by atoms with Crippen molar-refractivity contribution in [2.75, 3.05) is 17.8 Å². The summed E-state index contributed by atoms with van der Waals surface area (Å²) in [6, 6.07) is -3.71.